The van der Waals surface area contributed by atoms with Crippen molar-refractivity contribution in [2.45, 2.75) is 32.5 Å². The van der Waals surface area contributed by atoms with Gasteiger partial charge in [-0.1, -0.05) is 20.8 Å². The molecule has 0 bridgehead atoms. The van der Waals surface area contributed by atoms with Crippen LogP contribution in [0.2, 0.25) is 0 Å². The highest BCUT2D eigenvalue weighted by molar-refractivity contribution is 5.30. The monoisotopic (exact) mass is 288 g/mol. The third kappa shape index (κ3) is 2.92. The summed E-state index contributed by atoms with van der Waals surface area (Å²) in [5, 5.41) is 9.97. The zero-order valence-electron chi connectivity index (χ0n) is 11.3. The highest BCUT2D eigenvalue weighted by atomic mass is 19.4. The maximum atomic E-state index is 12.6. The first-order valence-corrected chi connectivity index (χ1v) is 6.01. The van der Waals surface area contributed by atoms with Crippen LogP contribution in [0, 0.1) is 5.41 Å². The Balaban J connectivity index is 2.37. The lowest BCUT2D eigenvalue weighted by Crippen LogP contribution is -2.17. The zero-order chi connectivity index (χ0) is 15.2. The molecule has 1 aliphatic rings. The molecule has 1 saturated heterocycles. The molecule has 1 aromatic rings. The number of ether oxygens (including phenoxy) is 1. The van der Waals surface area contributed by atoms with Gasteiger partial charge in [-0.2, -0.15) is 13.2 Å². The minimum Gasteiger partial charge on any atom is -0.512 e. The van der Waals surface area contributed by atoms with Gasteiger partial charge in [0.25, 0.3) is 0 Å². The Morgan fingerprint density at radius 2 is 1.95 bits per heavy atom. The molecule has 1 atom stereocenters. The number of hydrogen-bond acceptors (Lipinski definition) is 4. The predicted octanol–water partition coefficient (Wildman–Crippen LogP) is 3.21. The molecule has 1 N–H and O–H groups in total. The molecule has 0 spiro atoms. The quantitative estimate of drug-likeness (QED) is 0.670. The van der Waals surface area contributed by atoms with Crippen molar-refractivity contribution in [3.05, 3.63) is 35.6 Å². The number of aliphatic hydroxyl groups excluding tert-OH is 1. The van der Waals surface area contributed by atoms with E-state index in [2.05, 4.69) is 9.97 Å². The highest BCUT2D eigenvalue weighted by Gasteiger charge is 2.48. The number of halogens is 3. The van der Waals surface area contributed by atoms with Crippen LogP contribution in [0.3, 0.4) is 0 Å². The van der Waals surface area contributed by atoms with Crippen molar-refractivity contribution >= 4 is 0 Å². The molecule has 0 aromatic carbocycles. The van der Waals surface area contributed by atoms with Crippen molar-refractivity contribution in [1.82, 2.24) is 9.97 Å². The molecule has 7 heteroatoms. The van der Waals surface area contributed by atoms with Crippen LogP contribution in [0.4, 0.5) is 13.2 Å². The largest absolute Gasteiger partial charge is 0.512 e. The third-order valence-corrected chi connectivity index (χ3v) is 2.98. The van der Waals surface area contributed by atoms with Crippen LogP contribution >= 0.6 is 0 Å². The Hall–Kier alpha value is -1.63. The van der Waals surface area contributed by atoms with Crippen molar-refractivity contribution < 1.29 is 23.0 Å². The molecule has 0 radical (unpaired) electrons. The SMILES string of the molecule is CC(C)(C)/C(O)=C/C1(c2cc(C(F)(F)F)ncn2)CO1. The van der Waals surface area contributed by atoms with E-state index in [1.165, 1.54) is 6.08 Å². The van der Waals surface area contributed by atoms with E-state index in [9.17, 15) is 18.3 Å². The van der Waals surface area contributed by atoms with Crippen LogP contribution in [-0.2, 0) is 16.5 Å². The first kappa shape index (κ1) is 14.8. The molecule has 1 aliphatic heterocycles. The first-order chi connectivity index (χ1) is 9.05. The van der Waals surface area contributed by atoms with Gasteiger partial charge >= 0.3 is 6.18 Å². The Labute approximate surface area is 114 Å². The number of rotatable bonds is 2. The summed E-state index contributed by atoms with van der Waals surface area (Å²) in [6.07, 6.45) is -2.28. The maximum Gasteiger partial charge on any atom is 0.433 e. The first-order valence-electron chi connectivity index (χ1n) is 6.01. The number of aliphatic hydroxyl groups is 1. The molecule has 1 fully saturated rings. The summed E-state index contributed by atoms with van der Waals surface area (Å²) in [6, 6.07) is 0.847. The second kappa shape index (κ2) is 4.44. The topological polar surface area (TPSA) is 58.5 Å². The molecule has 110 valence electrons. The van der Waals surface area contributed by atoms with E-state index < -0.39 is 22.9 Å². The molecule has 4 nitrogen and oxygen atoms in total. The van der Waals surface area contributed by atoms with Crippen molar-refractivity contribution in [3.8, 4) is 0 Å². The molecule has 0 amide bonds. The van der Waals surface area contributed by atoms with E-state index in [1.807, 2.05) is 0 Å². The van der Waals surface area contributed by atoms with E-state index >= 15 is 0 Å². The molecule has 0 aliphatic carbocycles. The lowest BCUT2D eigenvalue weighted by Gasteiger charge is -2.19. The van der Waals surface area contributed by atoms with Crippen LogP contribution in [0.1, 0.15) is 32.2 Å². The lowest BCUT2D eigenvalue weighted by molar-refractivity contribution is -0.141. The number of hydrogen-bond donors (Lipinski definition) is 1. The fourth-order valence-corrected chi connectivity index (χ4v) is 1.56. The van der Waals surface area contributed by atoms with E-state index in [4.69, 9.17) is 4.74 Å². The van der Waals surface area contributed by atoms with Crippen LogP contribution in [0.15, 0.2) is 24.2 Å². The molecule has 1 aromatic heterocycles. The molecular weight excluding hydrogens is 273 g/mol. The van der Waals surface area contributed by atoms with Crippen molar-refractivity contribution in [3.63, 3.8) is 0 Å². The third-order valence-electron chi connectivity index (χ3n) is 2.98. The maximum absolute atomic E-state index is 12.6. The minimum atomic E-state index is -4.54. The average Bonchev–Trinajstić information content (AvgIpc) is 3.08. The smallest absolute Gasteiger partial charge is 0.433 e. The summed E-state index contributed by atoms with van der Waals surface area (Å²) >= 11 is 0. The minimum absolute atomic E-state index is 0.0437. The molecule has 20 heavy (non-hydrogen) atoms. The number of aromatic nitrogens is 2. The molecule has 0 saturated carbocycles. The Morgan fingerprint density at radius 3 is 2.40 bits per heavy atom. The summed E-state index contributed by atoms with van der Waals surface area (Å²) in [5.74, 6) is 0.0437. The Bertz CT molecular complexity index is 543. The summed E-state index contributed by atoms with van der Waals surface area (Å²) in [5.41, 5.74) is -2.53. The lowest BCUT2D eigenvalue weighted by atomic mass is 9.90. The standard InChI is InChI=1S/C13H15F3N2O2/c1-11(2,3)10(19)5-12(6-20-12)8-4-9(13(14,15)16)18-7-17-8/h4-5,7,19H,6H2,1-3H3/b10-5-. The van der Waals surface area contributed by atoms with Crippen molar-refractivity contribution in [1.29, 1.82) is 0 Å². The zero-order valence-corrected chi connectivity index (χ0v) is 11.3. The van der Waals surface area contributed by atoms with Gasteiger partial charge in [0.05, 0.1) is 18.1 Å². The predicted molar refractivity (Wildman–Crippen MR) is 64.8 cm³/mol. The normalized spacial score (nSPS) is 23.8. The fourth-order valence-electron chi connectivity index (χ4n) is 1.56. The van der Waals surface area contributed by atoms with E-state index in [-0.39, 0.29) is 18.1 Å². The van der Waals surface area contributed by atoms with Crippen LogP contribution in [0.25, 0.3) is 0 Å². The molecule has 2 heterocycles. The second-order valence-corrected chi connectivity index (χ2v) is 5.74. The van der Waals surface area contributed by atoms with Gasteiger partial charge in [0.1, 0.15) is 12.0 Å². The van der Waals surface area contributed by atoms with Gasteiger partial charge in [0, 0.05) is 5.41 Å². The number of epoxide rings is 1. The van der Waals surface area contributed by atoms with Gasteiger partial charge in [-0.15, -0.1) is 0 Å². The van der Waals surface area contributed by atoms with Gasteiger partial charge in [-0.05, 0) is 12.1 Å². The number of allylic oxidation sites excluding steroid dienone is 1. The van der Waals surface area contributed by atoms with E-state index in [1.54, 1.807) is 20.8 Å². The molecular formula is C13H15F3N2O2. The summed E-state index contributed by atoms with van der Waals surface area (Å²) in [6.45, 7) is 5.55. The Morgan fingerprint density at radius 1 is 1.35 bits per heavy atom. The van der Waals surface area contributed by atoms with Gasteiger partial charge < -0.3 is 9.84 Å². The van der Waals surface area contributed by atoms with Crippen molar-refractivity contribution in [2.24, 2.45) is 5.41 Å². The van der Waals surface area contributed by atoms with Gasteiger partial charge in [0.15, 0.2) is 5.60 Å². The molecule has 1 unspecified atom stereocenters. The Kier molecular flexibility index (Phi) is 3.28. The van der Waals surface area contributed by atoms with Crippen molar-refractivity contribution in [2.75, 3.05) is 6.61 Å². The second-order valence-electron chi connectivity index (χ2n) is 5.74. The number of nitrogens with zero attached hydrogens (tertiary/aromatic N) is 2. The summed E-state index contributed by atoms with van der Waals surface area (Å²) in [4.78, 5) is 7.04. The highest BCUT2D eigenvalue weighted by Crippen LogP contribution is 2.42. The number of alkyl halides is 3. The van der Waals surface area contributed by atoms with Crippen LogP contribution < -0.4 is 0 Å². The van der Waals surface area contributed by atoms with Gasteiger partial charge in [-0.25, -0.2) is 9.97 Å². The molecule has 2 rings (SSSR count). The van der Waals surface area contributed by atoms with Crippen LogP contribution in [0.5, 0.6) is 0 Å². The van der Waals surface area contributed by atoms with Crippen LogP contribution in [-0.4, -0.2) is 21.7 Å². The van der Waals surface area contributed by atoms with Gasteiger partial charge in [0.2, 0.25) is 0 Å². The average molecular weight is 288 g/mol. The summed E-state index contributed by atoms with van der Waals surface area (Å²) < 4.78 is 43.1. The fraction of sp³-hybridized carbons (Fsp3) is 0.538. The summed E-state index contributed by atoms with van der Waals surface area (Å²) in [7, 11) is 0. The van der Waals surface area contributed by atoms with Gasteiger partial charge in [-0.3, -0.25) is 0 Å². The van der Waals surface area contributed by atoms with E-state index in [0.29, 0.717) is 0 Å². The van der Waals surface area contributed by atoms with E-state index in [0.717, 1.165) is 12.4 Å².